The molecule has 1 heterocycles. The highest BCUT2D eigenvalue weighted by atomic mass is 79.9. The van der Waals surface area contributed by atoms with Crippen LogP contribution in [-0.4, -0.2) is 17.6 Å². The first-order chi connectivity index (χ1) is 6.56. The maximum Gasteiger partial charge on any atom is 0.143 e. The van der Waals surface area contributed by atoms with Crippen molar-refractivity contribution in [2.24, 2.45) is 0 Å². The Kier molecular flexibility index (Phi) is 4.38. The fourth-order valence-electron chi connectivity index (χ4n) is 1.38. The van der Waals surface area contributed by atoms with Gasteiger partial charge < -0.3 is 4.90 Å². The van der Waals surface area contributed by atoms with Crippen LogP contribution in [0.2, 0.25) is 0 Å². The van der Waals surface area contributed by atoms with Crippen LogP contribution >= 0.6 is 31.9 Å². The molecule has 0 radical (unpaired) electrons. The molecule has 0 bridgehead atoms. The van der Waals surface area contributed by atoms with Crippen molar-refractivity contribution in [3.05, 3.63) is 21.2 Å². The summed E-state index contributed by atoms with van der Waals surface area (Å²) in [5, 5.41) is 0. The Morgan fingerprint density at radius 3 is 2.50 bits per heavy atom. The van der Waals surface area contributed by atoms with E-state index in [9.17, 15) is 0 Å². The van der Waals surface area contributed by atoms with E-state index in [2.05, 4.69) is 62.5 Å². The molecule has 4 heteroatoms. The summed E-state index contributed by atoms with van der Waals surface area (Å²) in [5.74, 6) is 1.01. The van der Waals surface area contributed by atoms with Gasteiger partial charge in [-0.3, -0.25) is 0 Å². The summed E-state index contributed by atoms with van der Waals surface area (Å²) < 4.78 is 2.02. The molecule has 78 valence electrons. The average Bonchev–Trinajstić information content (AvgIpc) is 2.09. The third kappa shape index (κ3) is 2.70. The Morgan fingerprint density at radius 1 is 1.43 bits per heavy atom. The Bertz CT molecular complexity index is 313. The minimum Gasteiger partial charge on any atom is -0.354 e. The molecule has 0 saturated carbocycles. The molecule has 0 unspecified atom stereocenters. The van der Waals surface area contributed by atoms with Crippen molar-refractivity contribution in [1.82, 2.24) is 4.98 Å². The van der Waals surface area contributed by atoms with Crippen LogP contribution < -0.4 is 4.90 Å². The Hall–Kier alpha value is -0.0900. The summed E-state index contributed by atoms with van der Waals surface area (Å²) in [6, 6.07) is 2.48. The van der Waals surface area contributed by atoms with Crippen molar-refractivity contribution >= 4 is 37.7 Å². The van der Waals surface area contributed by atoms with Gasteiger partial charge in [0.25, 0.3) is 0 Å². The Morgan fingerprint density at radius 2 is 2.07 bits per heavy atom. The fraction of sp³-hybridized carbons (Fsp3) is 0.500. The largest absolute Gasteiger partial charge is 0.354 e. The van der Waals surface area contributed by atoms with Crippen LogP contribution in [0.25, 0.3) is 0 Å². The predicted molar refractivity (Wildman–Crippen MR) is 67.8 cm³/mol. The SMILES string of the molecule is CCN(c1ncc(Br)cc1Br)C(C)C. The molecule has 0 N–H and O–H groups in total. The molecule has 1 rings (SSSR count). The summed E-state index contributed by atoms with van der Waals surface area (Å²) in [6.45, 7) is 7.43. The van der Waals surface area contributed by atoms with Gasteiger partial charge in [0, 0.05) is 23.3 Å². The van der Waals surface area contributed by atoms with Crippen LogP contribution in [-0.2, 0) is 0 Å². The molecule has 0 aliphatic carbocycles. The smallest absolute Gasteiger partial charge is 0.143 e. The van der Waals surface area contributed by atoms with Gasteiger partial charge in [-0.2, -0.15) is 0 Å². The number of aromatic nitrogens is 1. The third-order valence-electron chi connectivity index (χ3n) is 2.02. The van der Waals surface area contributed by atoms with E-state index < -0.39 is 0 Å². The normalized spacial score (nSPS) is 10.7. The van der Waals surface area contributed by atoms with Gasteiger partial charge in [0.05, 0.1) is 4.47 Å². The molecular weight excluding hydrogens is 308 g/mol. The van der Waals surface area contributed by atoms with Crippen LogP contribution in [0.5, 0.6) is 0 Å². The van der Waals surface area contributed by atoms with E-state index in [-0.39, 0.29) is 0 Å². The number of hydrogen-bond acceptors (Lipinski definition) is 2. The summed E-state index contributed by atoms with van der Waals surface area (Å²) in [4.78, 5) is 6.65. The predicted octanol–water partition coefficient (Wildman–Crippen LogP) is 3.84. The molecule has 0 spiro atoms. The molecular formula is C10H14Br2N2. The molecule has 0 atom stereocenters. The fourth-order valence-corrected chi connectivity index (χ4v) is 2.59. The van der Waals surface area contributed by atoms with E-state index in [0.717, 1.165) is 21.3 Å². The maximum atomic E-state index is 4.40. The van der Waals surface area contributed by atoms with E-state index >= 15 is 0 Å². The second-order valence-corrected chi connectivity index (χ2v) is 5.11. The summed E-state index contributed by atoms with van der Waals surface area (Å²) >= 11 is 6.92. The van der Waals surface area contributed by atoms with E-state index in [0.29, 0.717) is 6.04 Å². The molecule has 0 aromatic carbocycles. The molecule has 0 amide bonds. The third-order valence-corrected chi connectivity index (χ3v) is 3.04. The lowest BCUT2D eigenvalue weighted by molar-refractivity contribution is 0.691. The highest BCUT2D eigenvalue weighted by Crippen LogP contribution is 2.27. The molecule has 0 fully saturated rings. The number of pyridine rings is 1. The molecule has 0 aliphatic heterocycles. The molecule has 14 heavy (non-hydrogen) atoms. The van der Waals surface area contributed by atoms with Gasteiger partial charge in [-0.1, -0.05) is 0 Å². The van der Waals surface area contributed by atoms with Crippen molar-refractivity contribution in [3.63, 3.8) is 0 Å². The number of rotatable bonds is 3. The quantitative estimate of drug-likeness (QED) is 0.840. The first-order valence-corrected chi connectivity index (χ1v) is 6.22. The van der Waals surface area contributed by atoms with Crippen molar-refractivity contribution in [2.75, 3.05) is 11.4 Å². The first-order valence-electron chi connectivity index (χ1n) is 4.64. The minimum atomic E-state index is 0.463. The summed E-state index contributed by atoms with van der Waals surface area (Å²) in [6.07, 6.45) is 1.82. The van der Waals surface area contributed by atoms with Gasteiger partial charge in [0.2, 0.25) is 0 Å². The second kappa shape index (κ2) is 5.12. The van der Waals surface area contributed by atoms with Crippen molar-refractivity contribution < 1.29 is 0 Å². The van der Waals surface area contributed by atoms with Gasteiger partial charge in [0.1, 0.15) is 5.82 Å². The highest BCUT2D eigenvalue weighted by Gasteiger charge is 2.12. The zero-order valence-corrected chi connectivity index (χ0v) is 11.8. The van der Waals surface area contributed by atoms with E-state index in [1.54, 1.807) is 0 Å². The van der Waals surface area contributed by atoms with Crippen molar-refractivity contribution in [1.29, 1.82) is 0 Å². The van der Waals surface area contributed by atoms with Gasteiger partial charge in [-0.25, -0.2) is 4.98 Å². The molecule has 0 aliphatic rings. The van der Waals surface area contributed by atoms with E-state index in [1.165, 1.54) is 0 Å². The van der Waals surface area contributed by atoms with Gasteiger partial charge in [-0.15, -0.1) is 0 Å². The number of hydrogen-bond donors (Lipinski definition) is 0. The molecule has 1 aromatic heterocycles. The first kappa shape index (κ1) is 12.0. The van der Waals surface area contributed by atoms with Gasteiger partial charge in [-0.05, 0) is 58.7 Å². The number of halogens is 2. The van der Waals surface area contributed by atoms with Crippen LogP contribution in [0.1, 0.15) is 20.8 Å². The standard InChI is InChI=1S/C10H14Br2N2/c1-4-14(7(2)3)10-9(12)5-8(11)6-13-10/h5-7H,4H2,1-3H3. The van der Waals surface area contributed by atoms with Crippen LogP contribution in [0.15, 0.2) is 21.2 Å². The minimum absolute atomic E-state index is 0.463. The molecule has 2 nitrogen and oxygen atoms in total. The Labute approximate surface area is 102 Å². The lowest BCUT2D eigenvalue weighted by atomic mass is 10.3. The van der Waals surface area contributed by atoms with Crippen molar-refractivity contribution in [2.45, 2.75) is 26.8 Å². The monoisotopic (exact) mass is 320 g/mol. The second-order valence-electron chi connectivity index (χ2n) is 3.34. The highest BCUT2D eigenvalue weighted by molar-refractivity contribution is 9.11. The molecule has 0 saturated heterocycles. The van der Waals surface area contributed by atoms with Gasteiger partial charge in [0.15, 0.2) is 0 Å². The molecule has 1 aromatic rings. The van der Waals surface area contributed by atoms with Crippen LogP contribution in [0.4, 0.5) is 5.82 Å². The lowest BCUT2D eigenvalue weighted by Crippen LogP contribution is -2.31. The van der Waals surface area contributed by atoms with E-state index in [4.69, 9.17) is 0 Å². The van der Waals surface area contributed by atoms with Crippen LogP contribution in [0, 0.1) is 0 Å². The topological polar surface area (TPSA) is 16.1 Å². The average molecular weight is 322 g/mol. The van der Waals surface area contributed by atoms with Gasteiger partial charge >= 0.3 is 0 Å². The van der Waals surface area contributed by atoms with E-state index in [1.807, 2.05) is 12.3 Å². The number of nitrogens with zero attached hydrogens (tertiary/aromatic N) is 2. The van der Waals surface area contributed by atoms with Crippen molar-refractivity contribution in [3.8, 4) is 0 Å². The number of anilines is 1. The lowest BCUT2D eigenvalue weighted by Gasteiger charge is -2.27. The zero-order valence-electron chi connectivity index (χ0n) is 8.59. The summed E-state index contributed by atoms with van der Waals surface area (Å²) in [7, 11) is 0. The zero-order chi connectivity index (χ0) is 10.7. The van der Waals surface area contributed by atoms with Crippen LogP contribution in [0.3, 0.4) is 0 Å². The Balaban J connectivity index is 3.04. The summed E-state index contributed by atoms with van der Waals surface area (Å²) in [5.41, 5.74) is 0. The maximum absolute atomic E-state index is 4.40.